The summed E-state index contributed by atoms with van der Waals surface area (Å²) in [5.74, 6) is -0.548. The second kappa shape index (κ2) is 5.04. The number of hydrogen-bond acceptors (Lipinski definition) is 1. The number of rotatable bonds is 2. The first kappa shape index (κ1) is 13.3. The quantitative estimate of drug-likeness (QED) is 0.650. The van der Waals surface area contributed by atoms with E-state index in [-0.39, 0.29) is 11.6 Å². The molecule has 0 saturated heterocycles. The van der Waals surface area contributed by atoms with Crippen LogP contribution in [0.1, 0.15) is 15.9 Å². The lowest BCUT2D eigenvalue weighted by Gasteiger charge is -2.03. The number of H-pyrrole nitrogens is 1. The highest BCUT2D eigenvalue weighted by Gasteiger charge is 2.17. The van der Waals surface area contributed by atoms with Crippen molar-refractivity contribution in [2.75, 3.05) is 0 Å². The van der Waals surface area contributed by atoms with Gasteiger partial charge in [0.05, 0.1) is 5.02 Å². The molecule has 0 bridgehead atoms. The summed E-state index contributed by atoms with van der Waals surface area (Å²) in [6, 6.07) is 9.37. The van der Waals surface area contributed by atoms with E-state index in [1.165, 1.54) is 12.1 Å². The maximum Gasteiger partial charge on any atom is 0.196 e. The Balaban J connectivity index is 2.15. The van der Waals surface area contributed by atoms with Gasteiger partial charge in [0.2, 0.25) is 0 Å². The number of aromatic nitrogens is 1. The van der Waals surface area contributed by atoms with Gasteiger partial charge in [0, 0.05) is 32.7 Å². The summed E-state index contributed by atoms with van der Waals surface area (Å²) < 4.78 is 13.9. The van der Waals surface area contributed by atoms with Crippen LogP contribution in [0.2, 0.25) is 5.02 Å². The third-order valence-corrected chi connectivity index (χ3v) is 3.88. The number of aromatic amines is 1. The van der Waals surface area contributed by atoms with Crippen molar-refractivity contribution in [2.45, 2.75) is 0 Å². The first-order valence-electron chi connectivity index (χ1n) is 5.82. The fraction of sp³-hybridized carbons (Fsp3) is 0. The van der Waals surface area contributed by atoms with Gasteiger partial charge in [0.25, 0.3) is 0 Å². The van der Waals surface area contributed by atoms with Crippen molar-refractivity contribution in [2.24, 2.45) is 0 Å². The fourth-order valence-electron chi connectivity index (χ4n) is 2.10. The van der Waals surface area contributed by atoms with Crippen molar-refractivity contribution < 1.29 is 9.18 Å². The van der Waals surface area contributed by atoms with E-state index in [4.69, 9.17) is 11.6 Å². The monoisotopic (exact) mass is 351 g/mol. The molecule has 0 aliphatic heterocycles. The van der Waals surface area contributed by atoms with Gasteiger partial charge in [-0.1, -0.05) is 27.5 Å². The zero-order valence-corrected chi connectivity index (χ0v) is 12.4. The Morgan fingerprint density at radius 2 is 1.95 bits per heavy atom. The molecule has 3 aromatic rings. The first-order chi connectivity index (χ1) is 9.56. The summed E-state index contributed by atoms with van der Waals surface area (Å²) in [7, 11) is 0. The van der Waals surface area contributed by atoms with Gasteiger partial charge in [0.15, 0.2) is 5.78 Å². The van der Waals surface area contributed by atoms with Crippen LogP contribution in [-0.2, 0) is 0 Å². The molecule has 0 saturated carbocycles. The lowest BCUT2D eigenvalue weighted by atomic mass is 10.0. The number of nitrogens with one attached hydrogen (secondary N) is 1. The Morgan fingerprint density at radius 3 is 2.75 bits per heavy atom. The minimum Gasteiger partial charge on any atom is -0.360 e. The van der Waals surface area contributed by atoms with E-state index in [2.05, 4.69) is 20.9 Å². The van der Waals surface area contributed by atoms with Crippen molar-refractivity contribution in [1.82, 2.24) is 4.98 Å². The summed E-state index contributed by atoms with van der Waals surface area (Å²) >= 11 is 9.39. The predicted molar refractivity (Wildman–Crippen MR) is 80.8 cm³/mol. The molecular weight excluding hydrogens is 345 g/mol. The van der Waals surface area contributed by atoms with Crippen LogP contribution < -0.4 is 0 Å². The molecule has 0 fully saturated rings. The van der Waals surface area contributed by atoms with Gasteiger partial charge in [0.1, 0.15) is 5.82 Å². The topological polar surface area (TPSA) is 32.9 Å². The smallest absolute Gasteiger partial charge is 0.196 e. The molecule has 3 rings (SSSR count). The van der Waals surface area contributed by atoms with Crippen LogP contribution in [0.4, 0.5) is 4.39 Å². The minimum atomic E-state index is -0.348. The molecule has 0 aliphatic rings. The van der Waals surface area contributed by atoms with Crippen molar-refractivity contribution in [3.8, 4) is 0 Å². The number of halogens is 3. The fourth-order valence-corrected chi connectivity index (χ4v) is 2.67. The Labute approximate surface area is 127 Å². The van der Waals surface area contributed by atoms with Crippen LogP contribution in [0.3, 0.4) is 0 Å². The van der Waals surface area contributed by atoms with Gasteiger partial charge in [-0.25, -0.2) is 4.39 Å². The molecule has 0 aliphatic carbocycles. The summed E-state index contributed by atoms with van der Waals surface area (Å²) in [5.41, 5.74) is 1.46. The molecule has 1 aromatic heterocycles. The van der Waals surface area contributed by atoms with Gasteiger partial charge in [-0.3, -0.25) is 4.79 Å². The van der Waals surface area contributed by atoms with Crippen LogP contribution >= 0.6 is 27.5 Å². The van der Waals surface area contributed by atoms with Crippen LogP contribution in [0.15, 0.2) is 47.1 Å². The summed E-state index contributed by atoms with van der Waals surface area (Å²) in [5, 5.41) is 1.06. The molecule has 5 heteroatoms. The molecular formula is C15H8BrClFNO. The standard InChI is InChI=1S/C15H8BrClFNO/c16-8-1-4-13(17)11(5-8)15(20)12-7-19-14-6-9(18)2-3-10(12)14/h1-7,19H. The molecule has 0 radical (unpaired) electrons. The van der Waals surface area contributed by atoms with E-state index in [1.807, 2.05) is 0 Å². The van der Waals surface area contributed by atoms with Crippen molar-refractivity contribution in [3.63, 3.8) is 0 Å². The number of benzene rings is 2. The van der Waals surface area contributed by atoms with Crippen LogP contribution in [-0.4, -0.2) is 10.8 Å². The van der Waals surface area contributed by atoms with Crippen molar-refractivity contribution in [3.05, 3.63) is 69.0 Å². The molecule has 0 atom stereocenters. The van der Waals surface area contributed by atoms with Crippen LogP contribution in [0.5, 0.6) is 0 Å². The van der Waals surface area contributed by atoms with Crippen LogP contribution in [0, 0.1) is 5.82 Å². The van der Waals surface area contributed by atoms with Gasteiger partial charge in [-0.15, -0.1) is 0 Å². The lowest BCUT2D eigenvalue weighted by molar-refractivity contribution is 0.104. The molecule has 1 N–H and O–H groups in total. The van der Waals surface area contributed by atoms with E-state index >= 15 is 0 Å². The maximum absolute atomic E-state index is 13.2. The number of ketones is 1. The van der Waals surface area contributed by atoms with E-state index in [0.29, 0.717) is 27.1 Å². The van der Waals surface area contributed by atoms with Gasteiger partial charge in [-0.05, 0) is 36.4 Å². The highest BCUT2D eigenvalue weighted by molar-refractivity contribution is 9.10. The predicted octanol–water partition coefficient (Wildman–Crippen LogP) is 4.95. The van der Waals surface area contributed by atoms with Crippen LogP contribution in [0.25, 0.3) is 10.9 Å². The molecule has 1 heterocycles. The van der Waals surface area contributed by atoms with E-state index in [0.717, 1.165) is 4.47 Å². The van der Waals surface area contributed by atoms with E-state index in [9.17, 15) is 9.18 Å². The Bertz CT molecular complexity index is 828. The number of carbonyl (C=O) groups excluding carboxylic acids is 1. The minimum absolute atomic E-state index is 0.200. The van der Waals surface area contributed by atoms with Gasteiger partial charge < -0.3 is 4.98 Å². The highest BCUT2D eigenvalue weighted by Crippen LogP contribution is 2.27. The zero-order valence-electron chi connectivity index (χ0n) is 10.1. The van der Waals surface area contributed by atoms with Gasteiger partial charge in [-0.2, -0.15) is 0 Å². The molecule has 2 aromatic carbocycles. The van der Waals surface area contributed by atoms with Crippen molar-refractivity contribution in [1.29, 1.82) is 0 Å². The summed E-state index contributed by atoms with van der Waals surface area (Å²) in [6.07, 6.45) is 1.57. The lowest BCUT2D eigenvalue weighted by Crippen LogP contribution is -2.01. The van der Waals surface area contributed by atoms with Gasteiger partial charge >= 0.3 is 0 Å². The average Bonchev–Trinajstić information content (AvgIpc) is 2.83. The largest absolute Gasteiger partial charge is 0.360 e. The zero-order chi connectivity index (χ0) is 14.3. The third-order valence-electron chi connectivity index (χ3n) is 3.06. The Kier molecular flexibility index (Phi) is 3.36. The average molecular weight is 353 g/mol. The molecule has 0 unspecified atom stereocenters. The molecule has 20 heavy (non-hydrogen) atoms. The highest BCUT2D eigenvalue weighted by atomic mass is 79.9. The summed E-state index contributed by atoms with van der Waals surface area (Å²) in [6.45, 7) is 0. The number of hydrogen-bond donors (Lipinski definition) is 1. The molecule has 0 amide bonds. The normalized spacial score (nSPS) is 10.9. The van der Waals surface area contributed by atoms with Crippen molar-refractivity contribution >= 4 is 44.2 Å². The Hall–Kier alpha value is -1.65. The second-order valence-electron chi connectivity index (χ2n) is 4.35. The van der Waals surface area contributed by atoms with E-state index < -0.39 is 0 Å². The molecule has 0 spiro atoms. The third kappa shape index (κ3) is 2.25. The second-order valence-corrected chi connectivity index (χ2v) is 5.67. The first-order valence-corrected chi connectivity index (χ1v) is 7.00. The molecule has 2 nitrogen and oxygen atoms in total. The van der Waals surface area contributed by atoms with E-state index in [1.54, 1.807) is 30.5 Å². The number of fused-ring (bicyclic) bond motifs is 1. The maximum atomic E-state index is 13.2. The number of carbonyl (C=O) groups is 1. The summed E-state index contributed by atoms with van der Waals surface area (Å²) in [4.78, 5) is 15.5. The molecule has 100 valence electrons. The SMILES string of the molecule is O=C(c1cc(Br)ccc1Cl)c1c[nH]c2cc(F)ccc12. The Morgan fingerprint density at radius 1 is 1.15 bits per heavy atom.